The second kappa shape index (κ2) is 9.40. The third-order valence-electron chi connectivity index (χ3n) is 5.07. The van der Waals surface area contributed by atoms with Crippen LogP contribution in [0.25, 0.3) is 33.3 Å². The summed E-state index contributed by atoms with van der Waals surface area (Å²) >= 11 is 0. The number of rotatable bonds is 5. The van der Waals surface area contributed by atoms with E-state index in [4.69, 9.17) is 19.9 Å². The van der Waals surface area contributed by atoms with Gasteiger partial charge in [-0.25, -0.2) is 9.97 Å². The van der Waals surface area contributed by atoms with E-state index in [0.29, 0.717) is 45.0 Å². The Labute approximate surface area is 193 Å². The summed E-state index contributed by atoms with van der Waals surface area (Å²) in [6, 6.07) is 8.58. The average molecular weight is 473 g/mol. The molecule has 0 radical (unpaired) electrons. The van der Waals surface area contributed by atoms with Crippen molar-refractivity contribution in [1.29, 1.82) is 0 Å². The van der Waals surface area contributed by atoms with E-state index in [1.807, 2.05) is 0 Å². The summed E-state index contributed by atoms with van der Waals surface area (Å²) in [5.41, 5.74) is 7.55. The first-order chi connectivity index (χ1) is 15.7. The predicted octanol–water partition coefficient (Wildman–Crippen LogP) is 5.15. The lowest BCUT2D eigenvalue weighted by molar-refractivity contribution is -0.137. The monoisotopic (exact) mass is 473 g/mol. The molecule has 2 heterocycles. The molecule has 8 nitrogen and oxygen atoms in total. The van der Waals surface area contributed by atoms with Gasteiger partial charge in [-0.15, -0.1) is 0 Å². The Morgan fingerprint density at radius 3 is 2.09 bits per heavy atom. The number of nitrogens with two attached hydrogens (primary N) is 1. The van der Waals surface area contributed by atoms with Gasteiger partial charge in [0.05, 0.1) is 38.1 Å². The van der Waals surface area contributed by atoms with Crippen LogP contribution in [0.15, 0.2) is 48.8 Å². The Kier molecular flexibility index (Phi) is 6.78. The van der Waals surface area contributed by atoms with Crippen molar-refractivity contribution >= 4 is 16.9 Å². The fourth-order valence-corrected chi connectivity index (χ4v) is 3.49. The van der Waals surface area contributed by atoms with E-state index >= 15 is 0 Å². The minimum atomic E-state index is -4.45. The number of anilines is 1. The predicted molar refractivity (Wildman–Crippen MR) is 122 cm³/mol. The standard InChI is InChI=1S/C23H19F3N4O3.H3N/c1-31-18-7-13(8-19(32-2)21(18)33-3)16-11-29-22(27)30-20(16)14-6-12-4-5-15(23(24,25)26)9-17(12)28-10-14;/h4-11H,1-3H3,(H2,27,29,30);1H3. The maximum atomic E-state index is 13.0. The van der Waals surface area contributed by atoms with Crippen LogP contribution in [0.2, 0.25) is 0 Å². The smallest absolute Gasteiger partial charge is 0.416 e. The van der Waals surface area contributed by atoms with E-state index < -0.39 is 11.7 Å². The van der Waals surface area contributed by atoms with E-state index in [1.54, 1.807) is 24.4 Å². The number of alkyl halides is 3. The number of benzene rings is 2. The highest BCUT2D eigenvalue weighted by Gasteiger charge is 2.30. The summed E-state index contributed by atoms with van der Waals surface area (Å²) in [4.78, 5) is 12.7. The van der Waals surface area contributed by atoms with Crippen LogP contribution in [0.1, 0.15) is 5.56 Å². The number of fused-ring (bicyclic) bond motifs is 1. The molecule has 0 fully saturated rings. The quantitative estimate of drug-likeness (QED) is 0.407. The van der Waals surface area contributed by atoms with E-state index in [0.717, 1.165) is 12.1 Å². The van der Waals surface area contributed by atoms with Gasteiger partial charge in [-0.1, -0.05) is 6.07 Å². The van der Waals surface area contributed by atoms with Gasteiger partial charge in [0.1, 0.15) is 0 Å². The lowest BCUT2D eigenvalue weighted by Crippen LogP contribution is -2.04. The molecule has 0 aliphatic rings. The van der Waals surface area contributed by atoms with Crippen LogP contribution in [0, 0.1) is 0 Å². The van der Waals surface area contributed by atoms with Gasteiger partial charge in [0.2, 0.25) is 11.7 Å². The number of nitrogens with zero attached hydrogens (tertiary/aromatic N) is 3. The van der Waals surface area contributed by atoms with Crippen molar-refractivity contribution in [2.45, 2.75) is 6.18 Å². The van der Waals surface area contributed by atoms with Crippen molar-refractivity contribution < 1.29 is 27.4 Å². The molecule has 5 N–H and O–H groups in total. The highest BCUT2D eigenvalue weighted by Crippen LogP contribution is 2.43. The summed E-state index contributed by atoms with van der Waals surface area (Å²) < 4.78 is 55.3. The maximum absolute atomic E-state index is 13.0. The topological polar surface area (TPSA) is 127 Å². The summed E-state index contributed by atoms with van der Waals surface area (Å²) in [5.74, 6) is 1.33. The van der Waals surface area contributed by atoms with E-state index in [9.17, 15) is 13.2 Å². The number of hydrogen-bond donors (Lipinski definition) is 2. The molecule has 2 aromatic carbocycles. The Balaban J connectivity index is 0.00000324. The van der Waals surface area contributed by atoms with E-state index in [-0.39, 0.29) is 17.6 Å². The molecule has 0 amide bonds. The molecule has 0 aliphatic heterocycles. The van der Waals surface area contributed by atoms with Crippen LogP contribution in [-0.2, 0) is 6.18 Å². The number of ether oxygens (including phenoxy) is 3. The molecule has 0 unspecified atom stereocenters. The number of methoxy groups -OCH3 is 3. The Morgan fingerprint density at radius 1 is 0.824 bits per heavy atom. The van der Waals surface area contributed by atoms with Crippen LogP contribution in [0.4, 0.5) is 19.1 Å². The lowest BCUT2D eigenvalue weighted by atomic mass is 9.99. The number of hydrogen-bond acceptors (Lipinski definition) is 8. The molecular formula is C23H22F3N5O3. The SMILES string of the molecule is COc1cc(-c2cnc(N)nc2-c2cnc3cc(C(F)(F)F)ccc3c2)cc(OC)c1OC.N. The minimum Gasteiger partial charge on any atom is -0.493 e. The first-order valence-electron chi connectivity index (χ1n) is 9.65. The molecule has 0 spiro atoms. The molecule has 34 heavy (non-hydrogen) atoms. The molecule has 4 aromatic rings. The maximum Gasteiger partial charge on any atom is 0.416 e. The summed E-state index contributed by atoms with van der Waals surface area (Å²) in [6.07, 6.45) is -1.45. The molecule has 0 bridgehead atoms. The molecule has 0 aliphatic carbocycles. The molecule has 0 saturated carbocycles. The van der Waals surface area contributed by atoms with Crippen LogP contribution in [-0.4, -0.2) is 36.3 Å². The zero-order valence-corrected chi connectivity index (χ0v) is 18.6. The summed E-state index contributed by atoms with van der Waals surface area (Å²) in [7, 11) is 4.51. The van der Waals surface area contributed by atoms with Crippen molar-refractivity contribution in [2.24, 2.45) is 0 Å². The van der Waals surface area contributed by atoms with E-state index in [2.05, 4.69) is 15.0 Å². The summed E-state index contributed by atoms with van der Waals surface area (Å²) in [6.45, 7) is 0. The molecule has 2 aromatic heterocycles. The van der Waals surface area contributed by atoms with Crippen molar-refractivity contribution in [3.63, 3.8) is 0 Å². The molecule has 0 saturated heterocycles. The average Bonchev–Trinajstić information content (AvgIpc) is 2.81. The van der Waals surface area contributed by atoms with Crippen molar-refractivity contribution in [1.82, 2.24) is 21.1 Å². The third kappa shape index (κ3) is 4.50. The number of pyridine rings is 1. The van der Waals surface area contributed by atoms with Crippen molar-refractivity contribution in [3.8, 4) is 39.6 Å². The molecular weight excluding hydrogens is 451 g/mol. The Bertz CT molecular complexity index is 1320. The van der Waals surface area contributed by atoms with Gasteiger partial charge in [0.15, 0.2) is 11.5 Å². The van der Waals surface area contributed by atoms with Crippen LogP contribution in [0.3, 0.4) is 0 Å². The van der Waals surface area contributed by atoms with Crippen LogP contribution >= 0.6 is 0 Å². The Morgan fingerprint density at radius 2 is 1.50 bits per heavy atom. The minimum absolute atomic E-state index is 0. The van der Waals surface area contributed by atoms with Crippen LogP contribution in [0.5, 0.6) is 17.2 Å². The second-order valence-corrected chi connectivity index (χ2v) is 7.03. The van der Waals surface area contributed by atoms with Gasteiger partial charge in [0, 0.05) is 28.9 Å². The first kappa shape index (κ1) is 24.5. The van der Waals surface area contributed by atoms with Gasteiger partial charge in [-0.3, -0.25) is 4.98 Å². The number of aromatic nitrogens is 3. The second-order valence-electron chi connectivity index (χ2n) is 7.03. The zero-order chi connectivity index (χ0) is 23.8. The fraction of sp³-hybridized carbons (Fsp3) is 0.174. The summed E-state index contributed by atoms with van der Waals surface area (Å²) in [5, 5.41) is 0.522. The molecule has 4 rings (SSSR count). The zero-order valence-electron chi connectivity index (χ0n) is 18.6. The van der Waals surface area contributed by atoms with Gasteiger partial charge >= 0.3 is 6.18 Å². The van der Waals surface area contributed by atoms with Gasteiger partial charge in [0.25, 0.3) is 0 Å². The number of halogens is 3. The largest absolute Gasteiger partial charge is 0.493 e. The van der Waals surface area contributed by atoms with Gasteiger partial charge in [-0.05, 0) is 35.9 Å². The highest BCUT2D eigenvalue weighted by atomic mass is 19.4. The Hall–Kier alpha value is -4.12. The first-order valence-corrected chi connectivity index (χ1v) is 9.65. The number of nitrogen functional groups attached to an aromatic ring is 1. The van der Waals surface area contributed by atoms with Crippen molar-refractivity contribution in [2.75, 3.05) is 27.1 Å². The molecule has 178 valence electrons. The fourth-order valence-electron chi connectivity index (χ4n) is 3.49. The highest BCUT2D eigenvalue weighted by molar-refractivity contribution is 5.88. The van der Waals surface area contributed by atoms with Gasteiger partial charge < -0.3 is 26.1 Å². The lowest BCUT2D eigenvalue weighted by Gasteiger charge is -2.16. The third-order valence-corrected chi connectivity index (χ3v) is 5.07. The normalized spacial score (nSPS) is 11.1. The van der Waals surface area contributed by atoms with Crippen LogP contribution < -0.4 is 26.1 Å². The van der Waals surface area contributed by atoms with Crippen molar-refractivity contribution in [3.05, 3.63) is 54.4 Å². The van der Waals surface area contributed by atoms with E-state index in [1.165, 1.54) is 33.6 Å². The van der Waals surface area contributed by atoms with Gasteiger partial charge in [-0.2, -0.15) is 13.2 Å². The molecule has 0 atom stereocenters. The molecule has 11 heteroatoms.